The number of aliphatic carboxylic acids is 1. The molecule has 0 saturated heterocycles. The van der Waals surface area contributed by atoms with Crippen LogP contribution in [0.1, 0.15) is 23.6 Å². The van der Waals surface area contributed by atoms with Crippen molar-refractivity contribution < 1.29 is 32.6 Å². The van der Waals surface area contributed by atoms with Gasteiger partial charge in [0.25, 0.3) is 0 Å². The quantitative estimate of drug-likeness (QED) is 0.790. The van der Waals surface area contributed by atoms with Crippen molar-refractivity contribution >= 4 is 12.1 Å². The molecule has 0 saturated carbocycles. The minimum absolute atomic E-state index is 0.0211. The maximum atomic E-state index is 12.7. The summed E-state index contributed by atoms with van der Waals surface area (Å²) in [5.41, 5.74) is -0.908. The molecular weight excluding hydrogens is 303 g/mol. The summed E-state index contributed by atoms with van der Waals surface area (Å²) in [5.74, 6) is -1.27. The molecule has 1 aromatic carbocycles. The van der Waals surface area contributed by atoms with Crippen LogP contribution in [0.25, 0.3) is 0 Å². The van der Waals surface area contributed by atoms with Crippen LogP contribution >= 0.6 is 0 Å². The van der Waals surface area contributed by atoms with Gasteiger partial charge in [-0.15, -0.1) is 0 Å². The molecule has 0 radical (unpaired) electrons. The molecule has 1 amide bonds. The minimum atomic E-state index is -4.56. The lowest BCUT2D eigenvalue weighted by Crippen LogP contribution is -2.31. The number of hydrogen-bond donors (Lipinski definition) is 2. The summed E-state index contributed by atoms with van der Waals surface area (Å²) in [6.45, 7) is 3.23. The highest BCUT2D eigenvalue weighted by Crippen LogP contribution is 2.31. The summed E-state index contributed by atoms with van der Waals surface area (Å²) in [7, 11) is 0. The third-order valence-corrected chi connectivity index (χ3v) is 2.62. The second-order valence-corrected chi connectivity index (χ2v) is 4.31. The van der Waals surface area contributed by atoms with E-state index >= 15 is 0 Å². The summed E-state index contributed by atoms with van der Waals surface area (Å²) in [6, 6.07) is 2.95. The van der Waals surface area contributed by atoms with Crippen molar-refractivity contribution in [2.45, 2.75) is 18.6 Å². The van der Waals surface area contributed by atoms with Gasteiger partial charge in [0.2, 0.25) is 0 Å². The average molecular weight is 317 g/mol. The molecule has 0 aliphatic rings. The van der Waals surface area contributed by atoms with Crippen LogP contribution in [-0.2, 0) is 15.7 Å². The van der Waals surface area contributed by atoms with Gasteiger partial charge in [0, 0.05) is 0 Å². The van der Waals surface area contributed by atoms with Crippen molar-refractivity contribution in [3.05, 3.63) is 48.0 Å². The first-order chi connectivity index (χ1) is 10.2. The molecule has 120 valence electrons. The van der Waals surface area contributed by atoms with Crippen LogP contribution in [0.5, 0.6) is 0 Å². The molecule has 0 aliphatic heterocycles. The lowest BCUT2D eigenvalue weighted by atomic mass is 10.0. The smallest absolute Gasteiger partial charge is 0.416 e. The first-order valence-corrected chi connectivity index (χ1v) is 6.17. The third kappa shape index (κ3) is 5.47. The van der Waals surface area contributed by atoms with Crippen LogP contribution in [0, 0.1) is 0 Å². The molecule has 0 heterocycles. The molecule has 1 atom stereocenters. The van der Waals surface area contributed by atoms with Crippen molar-refractivity contribution in [3.8, 4) is 0 Å². The van der Waals surface area contributed by atoms with Crippen LogP contribution in [0.3, 0.4) is 0 Å². The number of carboxylic acids is 1. The van der Waals surface area contributed by atoms with Crippen LogP contribution in [0.2, 0.25) is 0 Å². The number of alkyl carbamates (subject to hydrolysis) is 1. The number of halogens is 3. The number of hydrogen-bond acceptors (Lipinski definition) is 3. The Morgan fingerprint density at radius 3 is 2.64 bits per heavy atom. The van der Waals surface area contributed by atoms with E-state index in [4.69, 9.17) is 5.11 Å². The van der Waals surface area contributed by atoms with E-state index in [0.717, 1.165) is 18.2 Å². The zero-order chi connectivity index (χ0) is 16.8. The molecule has 0 aromatic heterocycles. The minimum Gasteiger partial charge on any atom is -0.481 e. The number of benzene rings is 1. The molecule has 5 nitrogen and oxygen atoms in total. The van der Waals surface area contributed by atoms with E-state index in [0.29, 0.717) is 0 Å². The number of carbonyl (C=O) groups excluding carboxylic acids is 1. The number of carboxylic acid groups (broad SMARTS) is 1. The highest BCUT2D eigenvalue weighted by atomic mass is 19.4. The Balaban J connectivity index is 2.98. The van der Waals surface area contributed by atoms with E-state index in [-0.39, 0.29) is 12.2 Å². The number of alkyl halides is 3. The van der Waals surface area contributed by atoms with E-state index in [9.17, 15) is 22.8 Å². The van der Waals surface area contributed by atoms with Crippen LogP contribution in [0.4, 0.5) is 18.0 Å². The van der Waals surface area contributed by atoms with Gasteiger partial charge in [-0.1, -0.05) is 24.8 Å². The highest BCUT2D eigenvalue weighted by molar-refractivity contribution is 5.72. The average Bonchev–Trinajstić information content (AvgIpc) is 2.43. The Labute approximate surface area is 124 Å². The maximum Gasteiger partial charge on any atom is 0.416 e. The first-order valence-electron chi connectivity index (χ1n) is 6.17. The van der Waals surface area contributed by atoms with Crippen molar-refractivity contribution in [1.82, 2.24) is 5.32 Å². The van der Waals surface area contributed by atoms with Crippen molar-refractivity contribution in [1.29, 1.82) is 0 Å². The molecule has 0 spiro atoms. The Bertz CT molecular complexity index is 557. The molecule has 0 unspecified atom stereocenters. The van der Waals surface area contributed by atoms with Gasteiger partial charge in [0.1, 0.15) is 6.61 Å². The molecule has 8 heteroatoms. The third-order valence-electron chi connectivity index (χ3n) is 2.62. The summed E-state index contributed by atoms with van der Waals surface area (Å²) in [4.78, 5) is 22.3. The van der Waals surface area contributed by atoms with Gasteiger partial charge in [-0.05, 0) is 17.7 Å². The second kappa shape index (κ2) is 7.48. The zero-order valence-corrected chi connectivity index (χ0v) is 11.4. The number of amides is 1. The van der Waals surface area contributed by atoms with Crippen molar-refractivity contribution in [2.24, 2.45) is 0 Å². The van der Waals surface area contributed by atoms with Crippen LogP contribution < -0.4 is 5.32 Å². The van der Waals surface area contributed by atoms with Gasteiger partial charge in [0.05, 0.1) is 18.0 Å². The lowest BCUT2D eigenvalue weighted by Gasteiger charge is -2.18. The van der Waals surface area contributed by atoms with E-state index in [1.807, 2.05) is 0 Å². The molecule has 1 aromatic rings. The summed E-state index contributed by atoms with van der Waals surface area (Å²) in [6.07, 6.45) is -4.78. The highest BCUT2D eigenvalue weighted by Gasteiger charge is 2.31. The van der Waals surface area contributed by atoms with E-state index in [1.165, 1.54) is 12.1 Å². The fourth-order valence-electron chi connectivity index (χ4n) is 1.68. The summed E-state index contributed by atoms with van der Waals surface area (Å²) >= 11 is 0. The Morgan fingerprint density at radius 2 is 2.09 bits per heavy atom. The van der Waals surface area contributed by atoms with Gasteiger partial charge in [-0.3, -0.25) is 4.79 Å². The molecule has 0 fully saturated rings. The molecule has 0 aliphatic carbocycles. The largest absolute Gasteiger partial charge is 0.481 e. The fraction of sp³-hybridized carbons (Fsp3) is 0.286. The predicted octanol–water partition coefficient (Wildman–Crippen LogP) is 3.13. The summed E-state index contributed by atoms with van der Waals surface area (Å²) in [5, 5.41) is 11.1. The monoisotopic (exact) mass is 317 g/mol. The van der Waals surface area contributed by atoms with Gasteiger partial charge in [0.15, 0.2) is 0 Å². The van der Waals surface area contributed by atoms with Crippen molar-refractivity contribution in [2.75, 3.05) is 6.61 Å². The zero-order valence-electron chi connectivity index (χ0n) is 11.4. The van der Waals surface area contributed by atoms with Crippen molar-refractivity contribution in [3.63, 3.8) is 0 Å². The predicted molar refractivity (Wildman–Crippen MR) is 71.1 cm³/mol. The Kier molecular flexibility index (Phi) is 5.97. The van der Waals surface area contributed by atoms with Crippen LogP contribution in [-0.4, -0.2) is 23.8 Å². The van der Waals surface area contributed by atoms with E-state index in [2.05, 4.69) is 16.6 Å². The molecule has 22 heavy (non-hydrogen) atoms. The SMILES string of the molecule is C=CCOC(=O)N[C@H](CC(=O)O)c1cccc(C(F)(F)F)c1. The topological polar surface area (TPSA) is 75.6 Å². The summed E-state index contributed by atoms with van der Waals surface area (Å²) < 4.78 is 42.7. The number of rotatable bonds is 6. The maximum absolute atomic E-state index is 12.7. The Morgan fingerprint density at radius 1 is 1.41 bits per heavy atom. The number of carbonyl (C=O) groups is 2. The second-order valence-electron chi connectivity index (χ2n) is 4.31. The van der Waals surface area contributed by atoms with Crippen LogP contribution in [0.15, 0.2) is 36.9 Å². The van der Waals surface area contributed by atoms with Gasteiger partial charge < -0.3 is 15.2 Å². The fourth-order valence-corrected chi connectivity index (χ4v) is 1.68. The normalized spacial score (nSPS) is 12.3. The van der Waals surface area contributed by atoms with E-state index in [1.54, 1.807) is 0 Å². The molecule has 1 rings (SSSR count). The Hall–Kier alpha value is -2.51. The van der Waals surface area contributed by atoms with Gasteiger partial charge >= 0.3 is 18.2 Å². The number of nitrogens with one attached hydrogen (secondary N) is 1. The lowest BCUT2D eigenvalue weighted by molar-refractivity contribution is -0.138. The molecule has 0 bridgehead atoms. The molecule has 2 N–H and O–H groups in total. The molecular formula is C14H14F3NO4. The number of ether oxygens (including phenoxy) is 1. The standard InChI is InChI=1S/C14H14F3NO4/c1-2-6-22-13(21)18-11(8-12(19)20)9-4-3-5-10(7-9)14(15,16)17/h2-5,7,11H,1,6,8H2,(H,18,21)(H,19,20)/t11-/m1/s1. The first kappa shape index (κ1) is 17.5. The van der Waals surface area contributed by atoms with E-state index < -0.39 is 36.3 Å². The van der Waals surface area contributed by atoms with Gasteiger partial charge in [-0.2, -0.15) is 13.2 Å². The van der Waals surface area contributed by atoms with Gasteiger partial charge in [-0.25, -0.2) is 4.79 Å².